The summed E-state index contributed by atoms with van der Waals surface area (Å²) in [5, 5.41) is 9.35. The van der Waals surface area contributed by atoms with Gasteiger partial charge in [-0.25, -0.2) is 4.39 Å². The molecule has 1 saturated heterocycles. The SMILES string of the molecule is CC(C)CC1(CN2C[C@H](O)[C@@H](F)C2)CC1. The van der Waals surface area contributed by atoms with Crippen LogP contribution in [0.25, 0.3) is 0 Å². The lowest BCUT2D eigenvalue weighted by atomic mass is 9.94. The van der Waals surface area contributed by atoms with Crippen LogP contribution in [0.15, 0.2) is 0 Å². The highest BCUT2D eigenvalue weighted by Gasteiger charge is 2.45. The zero-order valence-corrected chi connectivity index (χ0v) is 9.75. The lowest BCUT2D eigenvalue weighted by Gasteiger charge is -2.24. The van der Waals surface area contributed by atoms with Crippen LogP contribution in [0.5, 0.6) is 0 Å². The molecular weight excluding hydrogens is 193 g/mol. The van der Waals surface area contributed by atoms with E-state index in [0.29, 0.717) is 18.5 Å². The standard InChI is InChI=1S/C12H22FNO/c1-9(2)5-12(3-4-12)8-14-6-10(13)11(15)7-14/h9-11,15H,3-8H2,1-2H3/t10-,11-/m0/s1. The van der Waals surface area contributed by atoms with Crippen molar-refractivity contribution in [2.24, 2.45) is 11.3 Å². The minimum Gasteiger partial charge on any atom is -0.389 e. The van der Waals surface area contributed by atoms with Crippen LogP contribution in [0.1, 0.15) is 33.1 Å². The summed E-state index contributed by atoms with van der Waals surface area (Å²) in [5.74, 6) is 0.723. The Morgan fingerprint density at radius 1 is 1.40 bits per heavy atom. The van der Waals surface area contributed by atoms with Crippen LogP contribution in [0.3, 0.4) is 0 Å². The van der Waals surface area contributed by atoms with Crippen molar-refractivity contribution in [1.82, 2.24) is 4.90 Å². The molecule has 2 rings (SSSR count). The molecule has 2 fully saturated rings. The average Bonchev–Trinajstić information content (AvgIpc) is 2.75. The zero-order chi connectivity index (χ0) is 11.1. The Hall–Kier alpha value is -0.150. The normalized spacial score (nSPS) is 35.0. The minimum absolute atomic E-state index is 0.432. The monoisotopic (exact) mass is 215 g/mol. The summed E-state index contributed by atoms with van der Waals surface area (Å²) in [5.41, 5.74) is 0.456. The van der Waals surface area contributed by atoms with Crippen molar-refractivity contribution in [3.05, 3.63) is 0 Å². The number of alkyl halides is 1. The number of halogens is 1. The first-order chi connectivity index (χ1) is 7.01. The molecule has 1 heterocycles. The van der Waals surface area contributed by atoms with E-state index < -0.39 is 12.3 Å². The topological polar surface area (TPSA) is 23.5 Å². The number of β-amino-alcohol motifs (C(OH)–C–C–N with tert-alkyl or cyclic N) is 1. The van der Waals surface area contributed by atoms with Gasteiger partial charge in [-0.2, -0.15) is 0 Å². The second kappa shape index (κ2) is 4.02. The van der Waals surface area contributed by atoms with Gasteiger partial charge in [0.15, 0.2) is 0 Å². The fourth-order valence-electron chi connectivity index (χ4n) is 2.89. The largest absolute Gasteiger partial charge is 0.389 e. The highest BCUT2D eigenvalue weighted by Crippen LogP contribution is 2.51. The van der Waals surface area contributed by atoms with Gasteiger partial charge in [-0.1, -0.05) is 13.8 Å². The van der Waals surface area contributed by atoms with Crippen LogP contribution >= 0.6 is 0 Å². The van der Waals surface area contributed by atoms with Crippen molar-refractivity contribution in [3.63, 3.8) is 0 Å². The van der Waals surface area contributed by atoms with Crippen LogP contribution in [0.2, 0.25) is 0 Å². The Labute approximate surface area is 91.5 Å². The van der Waals surface area contributed by atoms with Crippen molar-refractivity contribution in [2.45, 2.75) is 45.4 Å². The van der Waals surface area contributed by atoms with Gasteiger partial charge in [0.2, 0.25) is 0 Å². The van der Waals surface area contributed by atoms with Crippen molar-refractivity contribution in [1.29, 1.82) is 0 Å². The van der Waals surface area contributed by atoms with Gasteiger partial charge in [0.25, 0.3) is 0 Å². The molecule has 2 aliphatic rings. The second-order valence-electron chi connectivity index (χ2n) is 5.88. The smallest absolute Gasteiger partial charge is 0.140 e. The first-order valence-corrected chi connectivity index (χ1v) is 6.05. The number of likely N-dealkylation sites (tertiary alicyclic amines) is 1. The fourth-order valence-corrected chi connectivity index (χ4v) is 2.89. The average molecular weight is 215 g/mol. The van der Waals surface area contributed by atoms with Gasteiger partial charge in [0.05, 0.1) is 6.10 Å². The fraction of sp³-hybridized carbons (Fsp3) is 1.00. The molecule has 2 atom stereocenters. The van der Waals surface area contributed by atoms with Crippen molar-refractivity contribution in [2.75, 3.05) is 19.6 Å². The summed E-state index contributed by atoms with van der Waals surface area (Å²) >= 11 is 0. The van der Waals surface area contributed by atoms with Crippen LogP contribution in [-0.4, -0.2) is 41.9 Å². The Bertz CT molecular complexity index is 218. The van der Waals surface area contributed by atoms with Gasteiger partial charge in [0.1, 0.15) is 6.17 Å². The summed E-state index contributed by atoms with van der Waals surface area (Å²) in [7, 11) is 0. The van der Waals surface area contributed by atoms with Gasteiger partial charge in [-0.15, -0.1) is 0 Å². The zero-order valence-electron chi connectivity index (χ0n) is 9.75. The first-order valence-electron chi connectivity index (χ1n) is 6.05. The molecule has 0 radical (unpaired) electrons. The first kappa shape index (κ1) is 11.3. The van der Waals surface area contributed by atoms with Gasteiger partial charge >= 0.3 is 0 Å². The lowest BCUT2D eigenvalue weighted by Crippen LogP contribution is -2.30. The van der Waals surface area contributed by atoms with E-state index in [0.717, 1.165) is 12.5 Å². The maximum Gasteiger partial charge on any atom is 0.140 e. The molecule has 88 valence electrons. The third kappa shape index (κ3) is 2.70. The molecule has 0 aromatic carbocycles. The number of aliphatic hydroxyl groups excluding tert-OH is 1. The van der Waals surface area contributed by atoms with Crippen molar-refractivity contribution < 1.29 is 9.50 Å². The van der Waals surface area contributed by atoms with E-state index in [-0.39, 0.29) is 0 Å². The molecule has 1 aliphatic carbocycles. The number of rotatable bonds is 4. The van der Waals surface area contributed by atoms with Gasteiger partial charge in [-0.3, -0.25) is 4.90 Å². The summed E-state index contributed by atoms with van der Waals surface area (Å²) in [4.78, 5) is 2.10. The van der Waals surface area contributed by atoms with E-state index in [1.807, 2.05) is 0 Å². The van der Waals surface area contributed by atoms with Gasteiger partial charge in [0, 0.05) is 19.6 Å². The molecular formula is C12H22FNO. The van der Waals surface area contributed by atoms with E-state index >= 15 is 0 Å². The number of hydrogen-bond donors (Lipinski definition) is 1. The number of hydrogen-bond acceptors (Lipinski definition) is 2. The maximum absolute atomic E-state index is 13.1. The van der Waals surface area contributed by atoms with Gasteiger partial charge in [-0.05, 0) is 30.6 Å². The van der Waals surface area contributed by atoms with E-state index in [4.69, 9.17) is 0 Å². The molecule has 0 amide bonds. The van der Waals surface area contributed by atoms with E-state index in [2.05, 4.69) is 18.7 Å². The third-order valence-electron chi connectivity index (χ3n) is 3.65. The summed E-state index contributed by atoms with van der Waals surface area (Å²) < 4.78 is 13.1. The van der Waals surface area contributed by atoms with Crippen molar-refractivity contribution in [3.8, 4) is 0 Å². The Kier molecular flexibility index (Phi) is 3.04. The Morgan fingerprint density at radius 3 is 2.47 bits per heavy atom. The summed E-state index contributed by atoms with van der Waals surface area (Å²) in [6.07, 6.45) is 2.04. The highest BCUT2D eigenvalue weighted by atomic mass is 19.1. The van der Waals surface area contributed by atoms with E-state index in [1.165, 1.54) is 19.3 Å². The van der Waals surface area contributed by atoms with E-state index in [9.17, 15) is 9.50 Å². The number of nitrogens with zero attached hydrogens (tertiary/aromatic N) is 1. The minimum atomic E-state index is -1.03. The van der Waals surface area contributed by atoms with Crippen LogP contribution in [0, 0.1) is 11.3 Å². The molecule has 1 saturated carbocycles. The Balaban J connectivity index is 1.82. The molecule has 0 aromatic heterocycles. The molecule has 0 unspecified atom stereocenters. The predicted octanol–water partition coefficient (Wildman–Crippen LogP) is 1.83. The quantitative estimate of drug-likeness (QED) is 0.773. The molecule has 15 heavy (non-hydrogen) atoms. The van der Waals surface area contributed by atoms with Crippen molar-refractivity contribution >= 4 is 0 Å². The molecule has 1 aliphatic heterocycles. The Morgan fingerprint density at radius 2 is 2.07 bits per heavy atom. The molecule has 2 nitrogen and oxygen atoms in total. The van der Waals surface area contributed by atoms with Crippen LogP contribution in [-0.2, 0) is 0 Å². The summed E-state index contributed by atoms with van der Waals surface area (Å²) in [6, 6.07) is 0. The predicted molar refractivity (Wildman–Crippen MR) is 58.5 cm³/mol. The molecule has 0 bridgehead atoms. The number of aliphatic hydroxyl groups is 1. The van der Waals surface area contributed by atoms with Gasteiger partial charge < -0.3 is 5.11 Å². The molecule has 0 spiro atoms. The van der Waals surface area contributed by atoms with Crippen LogP contribution in [0.4, 0.5) is 4.39 Å². The molecule has 3 heteroatoms. The maximum atomic E-state index is 13.1. The third-order valence-corrected chi connectivity index (χ3v) is 3.65. The lowest BCUT2D eigenvalue weighted by molar-refractivity contribution is 0.115. The molecule has 0 aromatic rings. The van der Waals surface area contributed by atoms with Crippen LogP contribution < -0.4 is 0 Å². The highest BCUT2D eigenvalue weighted by molar-refractivity contribution is 4.98. The molecule has 1 N–H and O–H groups in total. The second-order valence-corrected chi connectivity index (χ2v) is 5.88. The summed E-state index contributed by atoms with van der Waals surface area (Å²) in [6.45, 7) is 6.44. The van der Waals surface area contributed by atoms with E-state index in [1.54, 1.807) is 0 Å².